The Morgan fingerprint density at radius 1 is 1.56 bits per heavy atom. The second-order valence-corrected chi connectivity index (χ2v) is 4.39. The highest BCUT2D eigenvalue weighted by molar-refractivity contribution is 7.07. The zero-order valence-electron chi connectivity index (χ0n) is 9.69. The molecule has 0 aliphatic rings. The molecular formula is C12H11N3O2S. The van der Waals surface area contributed by atoms with Crippen molar-refractivity contribution in [3.05, 3.63) is 44.5 Å². The fourth-order valence-corrected chi connectivity index (χ4v) is 2.07. The Morgan fingerprint density at radius 3 is 3.00 bits per heavy atom. The maximum Gasteiger partial charge on any atom is 0.304 e. The Morgan fingerprint density at radius 2 is 2.39 bits per heavy atom. The number of hydrogen-bond donors (Lipinski definition) is 2. The Labute approximate surface area is 108 Å². The number of aromatic nitrogens is 1. The van der Waals surface area contributed by atoms with E-state index in [9.17, 15) is 4.79 Å². The molecule has 0 bridgehead atoms. The van der Waals surface area contributed by atoms with Crippen LogP contribution in [-0.2, 0) is 6.54 Å². The molecule has 0 unspecified atom stereocenters. The quantitative estimate of drug-likeness (QED) is 0.881. The molecule has 0 saturated heterocycles. The van der Waals surface area contributed by atoms with Gasteiger partial charge in [0.15, 0.2) is 0 Å². The van der Waals surface area contributed by atoms with E-state index in [-0.39, 0.29) is 4.87 Å². The van der Waals surface area contributed by atoms with E-state index >= 15 is 0 Å². The monoisotopic (exact) mass is 261 g/mol. The summed E-state index contributed by atoms with van der Waals surface area (Å²) < 4.78 is 5.11. The average Bonchev–Trinajstić information content (AvgIpc) is 2.81. The molecule has 1 aromatic carbocycles. The molecule has 2 aromatic rings. The number of benzene rings is 1. The summed E-state index contributed by atoms with van der Waals surface area (Å²) >= 11 is 1.12. The van der Waals surface area contributed by atoms with Crippen LogP contribution in [0.15, 0.2) is 28.4 Å². The average molecular weight is 261 g/mol. The van der Waals surface area contributed by atoms with Crippen LogP contribution in [0.3, 0.4) is 0 Å². The summed E-state index contributed by atoms with van der Waals surface area (Å²) in [6.07, 6.45) is 0. The van der Waals surface area contributed by atoms with Crippen LogP contribution in [0.4, 0.5) is 5.69 Å². The van der Waals surface area contributed by atoms with E-state index in [0.717, 1.165) is 17.0 Å². The number of nitrogens with one attached hydrogen (secondary N) is 2. The third-order valence-electron chi connectivity index (χ3n) is 2.39. The molecule has 0 aliphatic carbocycles. The Bertz CT molecular complexity index is 639. The van der Waals surface area contributed by atoms with Crippen LogP contribution in [-0.4, -0.2) is 12.1 Å². The molecule has 0 fully saturated rings. The lowest BCUT2D eigenvalue weighted by molar-refractivity contribution is 0.415. The van der Waals surface area contributed by atoms with Gasteiger partial charge in [-0.2, -0.15) is 5.26 Å². The van der Waals surface area contributed by atoms with Gasteiger partial charge in [0.1, 0.15) is 11.8 Å². The molecule has 1 heterocycles. The molecule has 1 aromatic heterocycles. The van der Waals surface area contributed by atoms with Crippen LogP contribution in [0, 0.1) is 11.3 Å². The standard InChI is InChI=1S/C12H11N3O2S/c1-17-10-3-2-8(5-13)11(4-10)14-6-9-7-18-12(16)15-9/h2-4,7,14H,6H2,1H3,(H,15,16). The second-order valence-electron chi connectivity index (χ2n) is 3.55. The molecule has 6 heteroatoms. The first-order valence-corrected chi connectivity index (χ1v) is 6.09. The fraction of sp³-hybridized carbons (Fsp3) is 0.167. The minimum atomic E-state index is -0.0852. The van der Waals surface area contributed by atoms with E-state index in [1.165, 1.54) is 0 Å². The van der Waals surface area contributed by atoms with Crippen molar-refractivity contribution in [2.75, 3.05) is 12.4 Å². The normalized spacial score (nSPS) is 9.78. The molecule has 2 rings (SSSR count). The van der Waals surface area contributed by atoms with E-state index in [4.69, 9.17) is 10.00 Å². The summed E-state index contributed by atoms with van der Waals surface area (Å²) in [5, 5.41) is 13.9. The number of thiazole rings is 1. The predicted molar refractivity (Wildman–Crippen MR) is 70.0 cm³/mol. The van der Waals surface area contributed by atoms with Gasteiger partial charge >= 0.3 is 4.87 Å². The summed E-state index contributed by atoms with van der Waals surface area (Å²) in [4.78, 5) is 13.6. The number of hydrogen-bond acceptors (Lipinski definition) is 5. The lowest BCUT2D eigenvalue weighted by atomic mass is 10.2. The fourth-order valence-electron chi connectivity index (χ4n) is 1.49. The van der Waals surface area contributed by atoms with Crippen molar-refractivity contribution in [2.24, 2.45) is 0 Å². The number of methoxy groups -OCH3 is 1. The highest BCUT2D eigenvalue weighted by atomic mass is 32.1. The van der Waals surface area contributed by atoms with Gasteiger partial charge in [0.2, 0.25) is 0 Å². The van der Waals surface area contributed by atoms with Gasteiger partial charge in [0.25, 0.3) is 0 Å². The molecule has 0 spiro atoms. The van der Waals surface area contributed by atoms with Crippen LogP contribution < -0.4 is 14.9 Å². The summed E-state index contributed by atoms with van der Waals surface area (Å²) in [5.74, 6) is 0.676. The lowest BCUT2D eigenvalue weighted by Crippen LogP contribution is -2.04. The number of H-pyrrole nitrogens is 1. The number of ether oxygens (including phenoxy) is 1. The zero-order chi connectivity index (χ0) is 13.0. The summed E-state index contributed by atoms with van der Waals surface area (Å²) in [6.45, 7) is 0.459. The second kappa shape index (κ2) is 5.38. The Balaban J connectivity index is 2.17. The summed E-state index contributed by atoms with van der Waals surface area (Å²) in [7, 11) is 1.57. The smallest absolute Gasteiger partial charge is 0.304 e. The first-order chi connectivity index (χ1) is 8.72. The van der Waals surface area contributed by atoms with Gasteiger partial charge in [-0.3, -0.25) is 4.79 Å². The third kappa shape index (κ3) is 2.70. The number of aromatic amines is 1. The predicted octanol–water partition coefficient (Wildman–Crippen LogP) is 1.93. The van der Waals surface area contributed by atoms with Gasteiger partial charge in [0.05, 0.1) is 24.9 Å². The maximum absolute atomic E-state index is 11.0. The number of rotatable bonds is 4. The Kier molecular flexibility index (Phi) is 3.65. The molecular weight excluding hydrogens is 250 g/mol. The number of nitrogens with zero attached hydrogens (tertiary/aromatic N) is 1. The first-order valence-electron chi connectivity index (χ1n) is 5.21. The van der Waals surface area contributed by atoms with Gasteiger partial charge in [-0.15, -0.1) is 0 Å². The van der Waals surface area contributed by atoms with E-state index in [1.54, 1.807) is 30.7 Å². The number of nitriles is 1. The number of anilines is 1. The van der Waals surface area contributed by atoms with Crippen LogP contribution in [0.25, 0.3) is 0 Å². The van der Waals surface area contributed by atoms with Crippen LogP contribution >= 0.6 is 11.3 Å². The van der Waals surface area contributed by atoms with Crippen LogP contribution in [0.1, 0.15) is 11.3 Å². The molecule has 92 valence electrons. The summed E-state index contributed by atoms with van der Waals surface area (Å²) in [5.41, 5.74) is 2.01. The van der Waals surface area contributed by atoms with Crippen molar-refractivity contribution in [3.8, 4) is 11.8 Å². The molecule has 0 amide bonds. The molecule has 0 saturated carbocycles. The third-order valence-corrected chi connectivity index (χ3v) is 3.11. The molecule has 5 nitrogen and oxygen atoms in total. The maximum atomic E-state index is 11.0. The molecule has 2 N–H and O–H groups in total. The van der Waals surface area contributed by atoms with Crippen LogP contribution in [0.5, 0.6) is 5.75 Å². The lowest BCUT2D eigenvalue weighted by Gasteiger charge is -2.08. The van der Waals surface area contributed by atoms with Crippen molar-refractivity contribution in [2.45, 2.75) is 6.54 Å². The molecule has 0 radical (unpaired) electrons. The largest absolute Gasteiger partial charge is 0.497 e. The summed E-state index contributed by atoms with van der Waals surface area (Å²) in [6, 6.07) is 7.28. The Hall–Kier alpha value is -2.26. The van der Waals surface area contributed by atoms with Gasteiger partial charge in [-0.25, -0.2) is 0 Å². The van der Waals surface area contributed by atoms with Gasteiger partial charge in [-0.1, -0.05) is 11.3 Å². The van der Waals surface area contributed by atoms with E-state index in [1.807, 2.05) is 0 Å². The van der Waals surface area contributed by atoms with Crippen molar-refractivity contribution < 1.29 is 4.74 Å². The van der Waals surface area contributed by atoms with Crippen LogP contribution in [0.2, 0.25) is 0 Å². The first kappa shape index (κ1) is 12.2. The van der Waals surface area contributed by atoms with E-state index in [2.05, 4.69) is 16.4 Å². The van der Waals surface area contributed by atoms with Gasteiger partial charge in [-0.05, 0) is 12.1 Å². The van der Waals surface area contributed by atoms with Gasteiger partial charge < -0.3 is 15.0 Å². The van der Waals surface area contributed by atoms with Crippen molar-refractivity contribution in [1.82, 2.24) is 4.98 Å². The highest BCUT2D eigenvalue weighted by Gasteiger charge is 2.04. The molecule has 0 atom stereocenters. The van der Waals surface area contributed by atoms with Gasteiger partial charge in [0, 0.05) is 17.1 Å². The molecule has 0 aliphatic heterocycles. The minimum Gasteiger partial charge on any atom is -0.497 e. The van der Waals surface area contributed by atoms with E-state index in [0.29, 0.717) is 23.5 Å². The van der Waals surface area contributed by atoms with Crippen molar-refractivity contribution in [3.63, 3.8) is 0 Å². The van der Waals surface area contributed by atoms with Crippen molar-refractivity contribution in [1.29, 1.82) is 5.26 Å². The molecule has 18 heavy (non-hydrogen) atoms. The van der Waals surface area contributed by atoms with Crippen molar-refractivity contribution >= 4 is 17.0 Å². The topological polar surface area (TPSA) is 77.9 Å². The highest BCUT2D eigenvalue weighted by Crippen LogP contribution is 2.22. The zero-order valence-corrected chi connectivity index (χ0v) is 10.5. The SMILES string of the molecule is COc1ccc(C#N)c(NCc2csc(=O)[nH]2)c1. The minimum absolute atomic E-state index is 0.0852. The van der Waals surface area contributed by atoms with E-state index < -0.39 is 0 Å².